The van der Waals surface area contributed by atoms with Gasteiger partial charge in [0.15, 0.2) is 0 Å². The number of pyridine rings is 1. The van der Waals surface area contributed by atoms with Crippen molar-refractivity contribution in [2.75, 3.05) is 0 Å². The molecule has 0 radical (unpaired) electrons. The summed E-state index contributed by atoms with van der Waals surface area (Å²) in [5, 5.41) is 11.4. The molecule has 11 heteroatoms. The Hall–Kier alpha value is -4.77. The van der Waals surface area contributed by atoms with Crippen LogP contribution in [-0.2, 0) is 25.7 Å². The van der Waals surface area contributed by atoms with Gasteiger partial charge in [-0.05, 0) is 91.1 Å². The average molecular weight is 642 g/mol. The molecule has 1 aliphatic carbocycles. The number of aromatic nitrogens is 3. The Kier molecular flexibility index (Phi) is 8.77. The predicted octanol–water partition coefficient (Wildman–Crippen LogP) is 6.95. The lowest BCUT2D eigenvalue weighted by atomic mass is 9.91. The first kappa shape index (κ1) is 31.2. The van der Waals surface area contributed by atoms with Crippen LogP contribution in [0.2, 0.25) is 0 Å². The summed E-state index contributed by atoms with van der Waals surface area (Å²) in [6.07, 6.45) is 2.81. The molecule has 46 heavy (non-hydrogen) atoms. The van der Waals surface area contributed by atoms with E-state index in [1.54, 1.807) is 37.3 Å². The summed E-state index contributed by atoms with van der Waals surface area (Å²) in [5.74, 6) is -0.871. The minimum absolute atomic E-state index is 0.160. The number of amides is 2. The number of primary amides is 1. The molecule has 0 aliphatic heterocycles. The highest BCUT2D eigenvalue weighted by molar-refractivity contribution is 7.17. The third-order valence-electron chi connectivity index (χ3n) is 8.06. The molecule has 0 bridgehead atoms. The molecule has 5 aromatic rings. The highest BCUT2D eigenvalue weighted by Gasteiger charge is 2.30. The van der Waals surface area contributed by atoms with Crippen molar-refractivity contribution in [3.8, 4) is 21.9 Å². The smallest absolute Gasteiger partial charge is 0.261 e. The Bertz CT molecular complexity index is 1930. The third kappa shape index (κ3) is 6.46. The van der Waals surface area contributed by atoms with E-state index in [1.807, 2.05) is 13.8 Å². The molecule has 3 N–H and O–H groups in total. The maximum absolute atomic E-state index is 13.8. The predicted molar refractivity (Wildman–Crippen MR) is 171 cm³/mol. The van der Waals surface area contributed by atoms with Crippen LogP contribution in [0.5, 0.6) is 0 Å². The Morgan fingerprint density at radius 1 is 1.00 bits per heavy atom. The van der Waals surface area contributed by atoms with E-state index >= 15 is 0 Å². The maximum atomic E-state index is 13.8. The van der Waals surface area contributed by atoms with Gasteiger partial charge in [0.05, 0.1) is 33.4 Å². The van der Waals surface area contributed by atoms with E-state index in [2.05, 4.69) is 15.5 Å². The number of carbonyl (C=O) groups excluding carboxylic acids is 2. The van der Waals surface area contributed by atoms with Gasteiger partial charge in [-0.1, -0.05) is 32.0 Å². The number of hydrogen-bond donors (Lipinski definition) is 2. The summed E-state index contributed by atoms with van der Waals surface area (Å²) in [6, 6.07) is 14.2. The summed E-state index contributed by atoms with van der Waals surface area (Å²) in [4.78, 5) is 32.7. The van der Waals surface area contributed by atoms with Crippen molar-refractivity contribution in [2.24, 2.45) is 11.7 Å². The molecule has 8 nitrogen and oxygen atoms in total. The van der Waals surface area contributed by atoms with Gasteiger partial charge in [0.1, 0.15) is 11.6 Å². The summed E-state index contributed by atoms with van der Waals surface area (Å²) in [7, 11) is 0. The molecule has 236 valence electrons. The molecule has 0 unspecified atom stereocenters. The van der Waals surface area contributed by atoms with Gasteiger partial charge in [0, 0.05) is 17.4 Å². The lowest BCUT2D eigenvalue weighted by Gasteiger charge is -2.19. The molecular formula is C35H33F2N5O3S. The summed E-state index contributed by atoms with van der Waals surface area (Å²) in [6.45, 7) is 5.73. The fourth-order valence-electron chi connectivity index (χ4n) is 6.02. The van der Waals surface area contributed by atoms with Crippen molar-refractivity contribution >= 4 is 23.2 Å². The highest BCUT2D eigenvalue weighted by atomic mass is 32.1. The lowest BCUT2D eigenvalue weighted by Crippen LogP contribution is -2.26. The zero-order valence-electron chi connectivity index (χ0n) is 25.7. The van der Waals surface area contributed by atoms with Crippen LogP contribution in [0, 0.1) is 24.5 Å². The van der Waals surface area contributed by atoms with E-state index < -0.39 is 5.91 Å². The van der Waals surface area contributed by atoms with Crippen LogP contribution in [-0.4, -0.2) is 27.0 Å². The van der Waals surface area contributed by atoms with Crippen LogP contribution in [0.15, 0.2) is 59.0 Å². The quantitative estimate of drug-likeness (QED) is 0.170. The van der Waals surface area contributed by atoms with Gasteiger partial charge in [0.2, 0.25) is 11.8 Å². The second kappa shape index (κ2) is 12.9. The summed E-state index contributed by atoms with van der Waals surface area (Å²) >= 11 is 1.22. The number of thiophene rings is 1. The molecule has 0 spiro atoms. The number of fused-ring (bicyclic) bond motifs is 1. The minimum Gasteiger partial charge on any atom is -0.421 e. The number of benzene rings is 2. The van der Waals surface area contributed by atoms with E-state index in [0.717, 1.165) is 16.7 Å². The Morgan fingerprint density at radius 3 is 2.46 bits per heavy atom. The van der Waals surface area contributed by atoms with E-state index in [-0.39, 0.29) is 41.0 Å². The van der Waals surface area contributed by atoms with Crippen molar-refractivity contribution in [2.45, 2.75) is 58.9 Å². The first-order chi connectivity index (χ1) is 22.1. The highest BCUT2D eigenvalue weighted by Crippen LogP contribution is 2.42. The molecule has 2 amide bonds. The van der Waals surface area contributed by atoms with E-state index in [1.165, 1.54) is 35.6 Å². The zero-order chi connectivity index (χ0) is 32.5. The van der Waals surface area contributed by atoms with E-state index in [4.69, 9.17) is 15.1 Å². The fraction of sp³-hybridized carbons (Fsp3) is 0.286. The van der Waals surface area contributed by atoms with Crippen LogP contribution in [0.25, 0.3) is 21.9 Å². The molecular weight excluding hydrogens is 608 g/mol. The van der Waals surface area contributed by atoms with Crippen LogP contribution < -0.4 is 11.1 Å². The largest absolute Gasteiger partial charge is 0.421 e. The van der Waals surface area contributed by atoms with Crippen molar-refractivity contribution in [3.63, 3.8) is 0 Å². The molecule has 1 atom stereocenters. The van der Waals surface area contributed by atoms with Gasteiger partial charge < -0.3 is 15.5 Å². The second-order valence-electron chi connectivity index (χ2n) is 11.9. The van der Waals surface area contributed by atoms with Crippen LogP contribution >= 0.6 is 11.3 Å². The van der Waals surface area contributed by atoms with Crippen LogP contribution in [0.3, 0.4) is 0 Å². The number of aryl methyl sites for hydroxylation is 4. The zero-order valence-corrected chi connectivity index (χ0v) is 26.5. The van der Waals surface area contributed by atoms with Crippen molar-refractivity contribution in [1.29, 1.82) is 0 Å². The van der Waals surface area contributed by atoms with E-state index in [0.29, 0.717) is 70.3 Å². The summed E-state index contributed by atoms with van der Waals surface area (Å²) < 4.78 is 33.3. The first-order valence-electron chi connectivity index (χ1n) is 15.2. The third-order valence-corrected chi connectivity index (χ3v) is 9.16. The standard InChI is InChI=1S/C35H33F2N5O3S/c1-18(2)16-27-30(33(38)43)32(28-14-15-29(46-28)34(44)40-25-13-7-21-17-23(37)10-11-24(21)25)31(35-42-41-19(3)45-35)26(39-27)12-6-20-4-8-22(36)9-5-20/h4-5,8-11,14-15,17-18,25H,6-7,12-13,16H2,1-3H3,(H2,38,43)(H,40,44)/t25-/m1/s1. The number of nitrogens with two attached hydrogens (primary N) is 1. The minimum atomic E-state index is -0.657. The number of carbonyl (C=O) groups is 2. The SMILES string of the molecule is Cc1nnc(-c2c(CCc3ccc(F)cc3)nc(CC(C)C)c(C(N)=O)c2-c2ccc(C(=O)N[C@@H]3CCc4cc(F)ccc43)s2)o1. The van der Waals surface area contributed by atoms with Gasteiger partial charge in [-0.2, -0.15) is 0 Å². The fourth-order valence-corrected chi connectivity index (χ4v) is 6.98. The van der Waals surface area contributed by atoms with Gasteiger partial charge in [-0.25, -0.2) is 8.78 Å². The van der Waals surface area contributed by atoms with Crippen molar-refractivity contribution < 1.29 is 22.8 Å². The van der Waals surface area contributed by atoms with Gasteiger partial charge in [-0.15, -0.1) is 21.5 Å². The lowest BCUT2D eigenvalue weighted by molar-refractivity contribution is 0.0939. The Labute approximate surface area is 269 Å². The second-order valence-corrected chi connectivity index (χ2v) is 13.0. The van der Waals surface area contributed by atoms with Gasteiger partial charge in [0.25, 0.3) is 11.8 Å². The maximum Gasteiger partial charge on any atom is 0.261 e. The van der Waals surface area contributed by atoms with Crippen molar-refractivity contribution in [1.82, 2.24) is 20.5 Å². The molecule has 3 aromatic heterocycles. The number of nitrogens with zero attached hydrogens (tertiary/aromatic N) is 3. The average Bonchev–Trinajstić information content (AvgIpc) is 3.76. The van der Waals surface area contributed by atoms with Gasteiger partial charge >= 0.3 is 0 Å². The van der Waals surface area contributed by atoms with Gasteiger partial charge in [-0.3, -0.25) is 14.6 Å². The topological polar surface area (TPSA) is 124 Å². The number of hydrogen-bond acceptors (Lipinski definition) is 7. The Morgan fingerprint density at radius 2 is 1.76 bits per heavy atom. The molecule has 0 saturated heterocycles. The number of halogens is 2. The molecule has 2 aromatic carbocycles. The number of nitrogens with one attached hydrogen (secondary N) is 1. The molecule has 3 heterocycles. The molecule has 1 aliphatic rings. The van der Waals surface area contributed by atoms with Crippen LogP contribution in [0.4, 0.5) is 8.78 Å². The van der Waals surface area contributed by atoms with Crippen LogP contribution in [0.1, 0.15) is 80.3 Å². The normalized spacial score (nSPS) is 14.1. The molecule has 0 saturated carbocycles. The molecule has 0 fully saturated rings. The Balaban J connectivity index is 1.44. The van der Waals surface area contributed by atoms with E-state index in [9.17, 15) is 18.4 Å². The number of rotatable bonds is 10. The monoisotopic (exact) mass is 641 g/mol. The van der Waals surface area contributed by atoms with Crippen molar-refractivity contribution in [3.05, 3.63) is 111 Å². The molecule has 6 rings (SSSR count). The first-order valence-corrected chi connectivity index (χ1v) is 16.0. The summed E-state index contributed by atoms with van der Waals surface area (Å²) in [5.41, 5.74) is 11.1.